The molecule has 0 aliphatic rings. The first kappa shape index (κ1) is 13.7. The van der Waals surface area contributed by atoms with Gasteiger partial charge in [0.05, 0.1) is 16.6 Å². The van der Waals surface area contributed by atoms with Crippen LogP contribution in [0, 0.1) is 0 Å². The number of nitrogens with one attached hydrogen (secondary N) is 1. The lowest BCUT2D eigenvalue weighted by molar-refractivity contribution is 0.298. The lowest BCUT2D eigenvalue weighted by Crippen LogP contribution is -2.14. The summed E-state index contributed by atoms with van der Waals surface area (Å²) in [6, 6.07) is 4.98. The Bertz CT molecular complexity index is 842. The number of benzene rings is 1. The fourth-order valence-corrected chi connectivity index (χ4v) is 2.20. The molecule has 0 spiro atoms. The van der Waals surface area contributed by atoms with Gasteiger partial charge in [-0.1, -0.05) is 16.8 Å². The number of rotatable bonds is 4. The summed E-state index contributed by atoms with van der Waals surface area (Å²) in [6.07, 6.45) is 2.16. The molecule has 0 aliphatic heterocycles. The van der Waals surface area contributed by atoms with Crippen LogP contribution >= 0.6 is 11.6 Å². The van der Waals surface area contributed by atoms with Crippen molar-refractivity contribution in [3.63, 3.8) is 0 Å². The summed E-state index contributed by atoms with van der Waals surface area (Å²) in [6.45, 7) is 0.316. The molecule has 2 N–H and O–H groups in total. The third-order valence-corrected chi connectivity index (χ3v) is 3.22. The molecule has 0 amide bonds. The topological polar surface area (TPSA) is 96.7 Å². The van der Waals surface area contributed by atoms with Crippen LogP contribution in [0.2, 0.25) is 5.02 Å². The Balaban J connectivity index is 1.93. The van der Waals surface area contributed by atoms with Crippen LogP contribution in [0.5, 0.6) is 0 Å². The van der Waals surface area contributed by atoms with E-state index in [1.807, 2.05) is 0 Å². The van der Waals surface area contributed by atoms with Crippen molar-refractivity contribution >= 4 is 22.5 Å². The van der Waals surface area contributed by atoms with Gasteiger partial charge in [-0.3, -0.25) is 4.79 Å². The first-order valence-electron chi connectivity index (χ1n) is 6.34. The highest BCUT2D eigenvalue weighted by atomic mass is 35.5. The van der Waals surface area contributed by atoms with Gasteiger partial charge in [-0.25, -0.2) is 9.67 Å². The number of halogens is 1. The highest BCUT2D eigenvalue weighted by Gasteiger charge is 2.07. The van der Waals surface area contributed by atoms with Crippen molar-refractivity contribution in [2.75, 3.05) is 6.61 Å². The molecule has 0 bridgehead atoms. The van der Waals surface area contributed by atoms with Gasteiger partial charge in [0.25, 0.3) is 5.56 Å². The van der Waals surface area contributed by atoms with Gasteiger partial charge in [0.1, 0.15) is 12.4 Å². The van der Waals surface area contributed by atoms with E-state index in [2.05, 4.69) is 20.3 Å². The van der Waals surface area contributed by atoms with Crippen LogP contribution in [0.3, 0.4) is 0 Å². The van der Waals surface area contributed by atoms with E-state index < -0.39 is 0 Å². The molecule has 21 heavy (non-hydrogen) atoms. The molecular weight excluding hydrogens is 294 g/mol. The summed E-state index contributed by atoms with van der Waals surface area (Å²) in [5, 5.41) is 17.6. The molecule has 0 fully saturated rings. The van der Waals surface area contributed by atoms with E-state index >= 15 is 0 Å². The van der Waals surface area contributed by atoms with E-state index in [1.54, 1.807) is 29.1 Å². The van der Waals surface area contributed by atoms with E-state index in [-0.39, 0.29) is 12.2 Å². The van der Waals surface area contributed by atoms with Crippen molar-refractivity contribution < 1.29 is 5.11 Å². The number of aromatic amines is 1. The fourth-order valence-electron chi connectivity index (χ4n) is 2.03. The average molecular weight is 306 g/mol. The Hall–Kier alpha value is -2.25. The second-order valence-electron chi connectivity index (χ2n) is 4.56. The minimum atomic E-state index is -0.242. The van der Waals surface area contributed by atoms with Gasteiger partial charge in [-0.15, -0.1) is 5.10 Å². The molecule has 0 saturated heterocycles. The number of hydrogen-bond acceptors (Lipinski definition) is 5. The monoisotopic (exact) mass is 305 g/mol. The average Bonchev–Trinajstić information content (AvgIpc) is 2.87. The minimum Gasteiger partial charge on any atom is -0.396 e. The predicted molar refractivity (Wildman–Crippen MR) is 77.3 cm³/mol. The van der Waals surface area contributed by atoms with Crippen LogP contribution in [-0.2, 0) is 13.0 Å². The van der Waals surface area contributed by atoms with Crippen molar-refractivity contribution in [2.24, 2.45) is 0 Å². The molecule has 0 radical (unpaired) electrons. The second kappa shape index (κ2) is 5.63. The third kappa shape index (κ3) is 2.93. The number of nitrogens with zero attached hydrogens (tertiary/aromatic N) is 4. The van der Waals surface area contributed by atoms with Crippen LogP contribution in [0.4, 0.5) is 0 Å². The van der Waals surface area contributed by atoms with Crippen LogP contribution in [0.1, 0.15) is 11.5 Å². The zero-order chi connectivity index (χ0) is 14.8. The first-order valence-corrected chi connectivity index (χ1v) is 6.72. The molecule has 0 saturated carbocycles. The molecule has 3 aromatic rings. The van der Waals surface area contributed by atoms with E-state index in [4.69, 9.17) is 16.7 Å². The number of aliphatic hydroxyl groups excluding tert-OH is 1. The van der Waals surface area contributed by atoms with Crippen molar-refractivity contribution in [1.29, 1.82) is 0 Å². The maximum absolute atomic E-state index is 12.0. The Kier molecular flexibility index (Phi) is 3.68. The third-order valence-electron chi connectivity index (χ3n) is 2.98. The normalized spacial score (nSPS) is 11.1. The van der Waals surface area contributed by atoms with E-state index in [9.17, 15) is 4.79 Å². The van der Waals surface area contributed by atoms with E-state index in [0.717, 1.165) is 0 Å². The smallest absolute Gasteiger partial charge is 0.258 e. The number of fused-ring (bicyclic) bond motifs is 1. The second-order valence-corrected chi connectivity index (χ2v) is 4.99. The molecule has 0 unspecified atom stereocenters. The minimum absolute atomic E-state index is 0.0184. The molecule has 108 valence electrons. The van der Waals surface area contributed by atoms with Crippen molar-refractivity contribution in [2.45, 2.75) is 13.0 Å². The van der Waals surface area contributed by atoms with Gasteiger partial charge in [0, 0.05) is 24.2 Å². The molecular formula is C13H12ClN5O2. The van der Waals surface area contributed by atoms with Gasteiger partial charge in [0.15, 0.2) is 0 Å². The SMILES string of the molecule is O=c1[nH]c(Cn2cc(CCO)nn2)nc2ccc(Cl)cc12. The van der Waals surface area contributed by atoms with Crippen molar-refractivity contribution in [3.8, 4) is 0 Å². The molecule has 7 nitrogen and oxygen atoms in total. The van der Waals surface area contributed by atoms with Gasteiger partial charge >= 0.3 is 0 Å². The van der Waals surface area contributed by atoms with Crippen molar-refractivity contribution in [1.82, 2.24) is 25.0 Å². The standard InChI is InChI=1S/C13H12ClN5O2/c14-8-1-2-11-10(5-8)13(21)16-12(15-11)7-19-6-9(3-4-20)17-18-19/h1-2,5-6,20H,3-4,7H2,(H,15,16,21). The predicted octanol–water partition coefficient (Wildman–Crippen LogP) is 0.751. The molecule has 1 aromatic carbocycles. The number of H-pyrrole nitrogens is 1. The maximum Gasteiger partial charge on any atom is 0.258 e. The quantitative estimate of drug-likeness (QED) is 0.741. The van der Waals surface area contributed by atoms with Crippen LogP contribution in [0.15, 0.2) is 29.2 Å². The fraction of sp³-hybridized carbons (Fsp3) is 0.231. The van der Waals surface area contributed by atoms with Crippen molar-refractivity contribution in [3.05, 3.63) is 51.3 Å². The summed E-state index contributed by atoms with van der Waals surface area (Å²) < 4.78 is 1.56. The zero-order valence-electron chi connectivity index (χ0n) is 11.0. The maximum atomic E-state index is 12.0. The van der Waals surface area contributed by atoms with Crippen LogP contribution < -0.4 is 5.56 Å². The molecule has 0 aliphatic carbocycles. The highest BCUT2D eigenvalue weighted by molar-refractivity contribution is 6.31. The van der Waals surface area contributed by atoms with Gasteiger partial charge in [0.2, 0.25) is 0 Å². The molecule has 0 atom stereocenters. The number of aliphatic hydroxyl groups is 1. The summed E-state index contributed by atoms with van der Waals surface area (Å²) in [5.41, 5.74) is 1.02. The first-order chi connectivity index (χ1) is 10.2. The largest absolute Gasteiger partial charge is 0.396 e. The van der Waals surface area contributed by atoms with Crippen LogP contribution in [-0.4, -0.2) is 36.7 Å². The summed E-state index contributed by atoms with van der Waals surface area (Å²) in [5.74, 6) is 0.482. The Morgan fingerprint density at radius 3 is 3.05 bits per heavy atom. The molecule has 8 heteroatoms. The lowest BCUT2D eigenvalue weighted by Gasteiger charge is -2.03. The summed E-state index contributed by atoms with van der Waals surface area (Å²) in [7, 11) is 0. The Morgan fingerprint density at radius 2 is 2.24 bits per heavy atom. The number of aromatic nitrogens is 5. The highest BCUT2D eigenvalue weighted by Crippen LogP contribution is 2.14. The molecule has 2 aromatic heterocycles. The summed E-state index contributed by atoms with van der Waals surface area (Å²) >= 11 is 5.87. The zero-order valence-corrected chi connectivity index (χ0v) is 11.7. The molecule has 3 rings (SSSR count). The summed E-state index contributed by atoms with van der Waals surface area (Å²) in [4.78, 5) is 19.1. The Labute approximate surface area is 124 Å². The lowest BCUT2D eigenvalue weighted by atomic mass is 10.2. The van der Waals surface area contributed by atoms with Gasteiger partial charge in [-0.2, -0.15) is 0 Å². The van der Waals surface area contributed by atoms with Gasteiger partial charge in [-0.05, 0) is 18.2 Å². The van der Waals surface area contributed by atoms with E-state index in [1.165, 1.54) is 0 Å². The van der Waals surface area contributed by atoms with E-state index in [0.29, 0.717) is 40.4 Å². The number of hydrogen-bond donors (Lipinski definition) is 2. The molecule has 2 heterocycles. The Morgan fingerprint density at radius 1 is 1.38 bits per heavy atom. The van der Waals surface area contributed by atoms with Crippen LogP contribution in [0.25, 0.3) is 10.9 Å². The van der Waals surface area contributed by atoms with Gasteiger partial charge < -0.3 is 10.1 Å².